The highest BCUT2D eigenvalue weighted by Gasteiger charge is 2.15. The third-order valence-electron chi connectivity index (χ3n) is 2.57. The minimum atomic E-state index is -0.471. The summed E-state index contributed by atoms with van der Waals surface area (Å²) in [4.78, 5) is 12.4. The molecule has 1 aromatic carbocycles. The number of hydrogen-bond donors (Lipinski definition) is 0. The van der Waals surface area contributed by atoms with Crippen molar-refractivity contribution in [1.82, 2.24) is 4.90 Å². The van der Waals surface area contributed by atoms with Gasteiger partial charge in [-0.15, -0.1) is 0 Å². The van der Waals surface area contributed by atoms with Crippen molar-refractivity contribution < 1.29 is 14.4 Å². The molecule has 0 spiro atoms. The van der Waals surface area contributed by atoms with Crippen LogP contribution in [0.4, 0.5) is 5.69 Å². The molecule has 0 unspecified atom stereocenters. The maximum atomic E-state index is 10.8. The Balaban J connectivity index is 2.10. The van der Waals surface area contributed by atoms with Gasteiger partial charge in [0.25, 0.3) is 0 Å². The number of nitro groups is 1. The lowest BCUT2D eigenvalue weighted by Gasteiger charge is -2.24. The third kappa shape index (κ3) is 2.98. The van der Waals surface area contributed by atoms with Crippen LogP contribution in [0.2, 0.25) is 0 Å². The lowest BCUT2D eigenvalue weighted by Crippen LogP contribution is -2.31. The topological polar surface area (TPSA) is 64.8 Å². The summed E-state index contributed by atoms with van der Waals surface area (Å²) in [6.07, 6.45) is 1.43. The molecule has 0 N–H and O–H groups in total. The number of benzene rings is 1. The summed E-state index contributed by atoms with van der Waals surface area (Å²) >= 11 is 0. The second kappa shape index (κ2) is 5.50. The van der Waals surface area contributed by atoms with Crippen LogP contribution < -0.4 is 4.74 Å². The van der Waals surface area contributed by atoms with Gasteiger partial charge in [-0.2, -0.15) is 0 Å². The van der Waals surface area contributed by atoms with Gasteiger partial charge in [-0.25, -0.2) is 0 Å². The Labute approximate surface area is 105 Å². The van der Waals surface area contributed by atoms with Crippen LogP contribution in [0.3, 0.4) is 0 Å². The molecule has 18 heavy (non-hydrogen) atoms. The molecule has 1 aliphatic heterocycles. The van der Waals surface area contributed by atoms with E-state index in [0.717, 1.165) is 6.54 Å². The molecule has 1 aromatic rings. The van der Waals surface area contributed by atoms with Crippen molar-refractivity contribution in [2.75, 3.05) is 26.7 Å². The first kappa shape index (κ1) is 12.4. The highest BCUT2D eigenvalue weighted by atomic mass is 16.6. The quantitative estimate of drug-likeness (QED) is 0.465. The first-order valence-electron chi connectivity index (χ1n) is 5.57. The number of ether oxygens (including phenoxy) is 2. The molecule has 0 saturated carbocycles. The average molecular weight is 250 g/mol. The van der Waals surface area contributed by atoms with Crippen molar-refractivity contribution in [2.45, 2.75) is 0 Å². The zero-order valence-corrected chi connectivity index (χ0v) is 10.0. The summed E-state index contributed by atoms with van der Waals surface area (Å²) in [5.41, 5.74) is -0.0569. The number of likely N-dealkylation sites (N-methyl/N-ethyl adjacent to an activating group) is 1. The van der Waals surface area contributed by atoms with Gasteiger partial charge in [-0.1, -0.05) is 12.1 Å². The van der Waals surface area contributed by atoms with Gasteiger partial charge in [-0.3, -0.25) is 15.0 Å². The predicted molar refractivity (Wildman–Crippen MR) is 65.3 cm³/mol. The number of rotatable bonds is 3. The molecule has 1 saturated heterocycles. The summed E-state index contributed by atoms with van der Waals surface area (Å²) in [6, 6.07) is 6.25. The van der Waals surface area contributed by atoms with Gasteiger partial charge in [0.15, 0.2) is 0 Å². The van der Waals surface area contributed by atoms with Crippen molar-refractivity contribution >= 4 is 5.69 Å². The lowest BCUT2D eigenvalue weighted by atomic mass is 10.3. The molecule has 0 aromatic heterocycles. The highest BCUT2D eigenvalue weighted by molar-refractivity contribution is 5.46. The lowest BCUT2D eigenvalue weighted by molar-refractivity contribution is -0.385. The van der Waals surface area contributed by atoms with E-state index in [1.165, 1.54) is 12.3 Å². The third-order valence-corrected chi connectivity index (χ3v) is 2.57. The van der Waals surface area contributed by atoms with Gasteiger partial charge in [0.05, 0.1) is 11.5 Å². The maximum Gasteiger partial charge on any atom is 0.311 e. The van der Waals surface area contributed by atoms with Crippen LogP contribution in [0.25, 0.3) is 0 Å². The smallest absolute Gasteiger partial charge is 0.311 e. The SMILES string of the molecule is CN1CCO/C(=C\Oc2ccccc2[N+](=O)[O-])C1. The monoisotopic (exact) mass is 250 g/mol. The molecule has 1 fully saturated rings. The molecule has 1 aliphatic rings. The zero-order valence-electron chi connectivity index (χ0n) is 10.0. The van der Waals surface area contributed by atoms with Crippen LogP contribution >= 0.6 is 0 Å². The first-order chi connectivity index (χ1) is 8.66. The number of para-hydroxylation sites is 2. The molecule has 0 aliphatic carbocycles. The Hall–Kier alpha value is -2.08. The Morgan fingerprint density at radius 3 is 3.00 bits per heavy atom. The largest absolute Gasteiger partial charge is 0.492 e. The Kier molecular flexibility index (Phi) is 3.78. The number of nitro benzene ring substituents is 1. The molecule has 0 amide bonds. The summed E-state index contributed by atoms with van der Waals surface area (Å²) in [6.45, 7) is 2.10. The van der Waals surface area contributed by atoms with E-state index in [9.17, 15) is 10.1 Å². The minimum absolute atomic E-state index is 0.0569. The van der Waals surface area contributed by atoms with E-state index in [0.29, 0.717) is 18.9 Å². The number of nitrogens with zero attached hydrogens (tertiary/aromatic N) is 2. The molecule has 2 rings (SSSR count). The van der Waals surface area contributed by atoms with Crippen LogP contribution in [0.1, 0.15) is 0 Å². The van der Waals surface area contributed by atoms with Crippen molar-refractivity contribution in [2.24, 2.45) is 0 Å². The van der Waals surface area contributed by atoms with Crippen LogP contribution in [-0.4, -0.2) is 36.6 Å². The van der Waals surface area contributed by atoms with Gasteiger partial charge < -0.3 is 9.47 Å². The molecule has 1 heterocycles. The average Bonchev–Trinajstić information content (AvgIpc) is 2.37. The fourth-order valence-corrected chi connectivity index (χ4v) is 1.63. The molecular formula is C12H14N2O4. The highest BCUT2D eigenvalue weighted by Crippen LogP contribution is 2.26. The fraction of sp³-hybridized carbons (Fsp3) is 0.333. The molecular weight excluding hydrogens is 236 g/mol. The van der Waals surface area contributed by atoms with Crippen molar-refractivity contribution in [3.05, 3.63) is 46.4 Å². The van der Waals surface area contributed by atoms with Crippen LogP contribution in [-0.2, 0) is 4.74 Å². The minimum Gasteiger partial charge on any atom is -0.492 e. The second-order valence-electron chi connectivity index (χ2n) is 4.01. The normalized spacial score (nSPS) is 18.4. The molecule has 0 atom stereocenters. The first-order valence-corrected chi connectivity index (χ1v) is 5.57. The Bertz CT molecular complexity index is 473. The van der Waals surface area contributed by atoms with Crippen LogP contribution in [0, 0.1) is 10.1 Å². The van der Waals surface area contributed by atoms with Gasteiger partial charge in [0, 0.05) is 12.6 Å². The molecule has 6 nitrogen and oxygen atoms in total. The fourth-order valence-electron chi connectivity index (χ4n) is 1.63. The van der Waals surface area contributed by atoms with E-state index in [-0.39, 0.29) is 11.4 Å². The van der Waals surface area contributed by atoms with Crippen molar-refractivity contribution in [3.8, 4) is 5.75 Å². The Morgan fingerprint density at radius 1 is 1.50 bits per heavy atom. The maximum absolute atomic E-state index is 10.8. The van der Waals surface area contributed by atoms with E-state index in [2.05, 4.69) is 4.90 Å². The molecule has 6 heteroatoms. The van der Waals surface area contributed by atoms with E-state index in [1.54, 1.807) is 18.2 Å². The zero-order chi connectivity index (χ0) is 13.0. The summed E-state index contributed by atoms with van der Waals surface area (Å²) in [7, 11) is 1.97. The van der Waals surface area contributed by atoms with Gasteiger partial charge in [0.2, 0.25) is 5.75 Å². The second-order valence-corrected chi connectivity index (χ2v) is 4.01. The van der Waals surface area contributed by atoms with Crippen LogP contribution in [0.5, 0.6) is 5.75 Å². The standard InChI is InChI=1S/C12H14N2O4/c1-13-6-7-17-10(8-13)9-18-12-5-3-2-4-11(12)14(15)16/h2-5,9H,6-8H2,1H3/b10-9-. The number of morpholine rings is 1. The van der Waals surface area contributed by atoms with Crippen molar-refractivity contribution in [1.29, 1.82) is 0 Å². The van der Waals surface area contributed by atoms with E-state index in [4.69, 9.17) is 9.47 Å². The summed E-state index contributed by atoms with van der Waals surface area (Å²) in [5.74, 6) is 0.883. The van der Waals surface area contributed by atoms with Crippen molar-refractivity contribution in [3.63, 3.8) is 0 Å². The van der Waals surface area contributed by atoms with Gasteiger partial charge in [-0.05, 0) is 13.1 Å². The van der Waals surface area contributed by atoms with E-state index < -0.39 is 4.92 Å². The summed E-state index contributed by atoms with van der Waals surface area (Å²) in [5, 5.41) is 10.8. The van der Waals surface area contributed by atoms with Gasteiger partial charge >= 0.3 is 5.69 Å². The number of hydrogen-bond acceptors (Lipinski definition) is 5. The summed E-state index contributed by atoms with van der Waals surface area (Å²) < 4.78 is 10.7. The molecule has 0 bridgehead atoms. The van der Waals surface area contributed by atoms with Gasteiger partial charge in [0.1, 0.15) is 18.6 Å². The van der Waals surface area contributed by atoms with Crippen LogP contribution in [0.15, 0.2) is 36.3 Å². The molecule has 96 valence electrons. The van der Waals surface area contributed by atoms with E-state index >= 15 is 0 Å². The Morgan fingerprint density at radius 2 is 2.28 bits per heavy atom. The molecule has 0 radical (unpaired) electrons. The van der Waals surface area contributed by atoms with E-state index in [1.807, 2.05) is 7.05 Å². The predicted octanol–water partition coefficient (Wildman–Crippen LogP) is 1.78.